The molecule has 0 aliphatic carbocycles. The number of carbonyl (C=O) groups excluding carboxylic acids is 1. The van der Waals surface area contributed by atoms with Crippen LogP contribution in [0.4, 0.5) is 4.39 Å². The number of methoxy groups -OCH3 is 1. The molecule has 0 aromatic heterocycles. The van der Waals surface area contributed by atoms with Crippen molar-refractivity contribution in [1.82, 2.24) is 10.6 Å². The van der Waals surface area contributed by atoms with Crippen molar-refractivity contribution in [2.75, 3.05) is 26.8 Å². The predicted molar refractivity (Wildman–Crippen MR) is 77.7 cm³/mol. The van der Waals surface area contributed by atoms with E-state index in [0.29, 0.717) is 23.7 Å². The van der Waals surface area contributed by atoms with Crippen LogP contribution in [-0.2, 0) is 9.53 Å². The molecule has 20 heavy (non-hydrogen) atoms. The molecule has 1 aromatic carbocycles. The molecular weight excluding hydrogens is 306 g/mol. The van der Waals surface area contributed by atoms with Gasteiger partial charge in [-0.2, -0.15) is 0 Å². The van der Waals surface area contributed by atoms with Gasteiger partial charge in [0.2, 0.25) is 5.91 Å². The number of benzene rings is 1. The number of carbonyl (C=O) groups is 1. The minimum absolute atomic E-state index is 0.0248. The zero-order chi connectivity index (χ0) is 15.1. The molecule has 0 radical (unpaired) electrons. The second-order valence-corrected chi connectivity index (χ2v) is 5.05. The fourth-order valence-electron chi connectivity index (χ4n) is 1.58. The number of rotatable bonds is 7. The van der Waals surface area contributed by atoms with E-state index >= 15 is 0 Å². The van der Waals surface area contributed by atoms with Crippen molar-refractivity contribution in [2.45, 2.75) is 13.0 Å². The van der Waals surface area contributed by atoms with Crippen LogP contribution in [-0.4, -0.2) is 32.7 Å². The van der Waals surface area contributed by atoms with Gasteiger partial charge in [-0.15, -0.1) is 0 Å². The molecule has 1 aromatic rings. The molecule has 0 fully saturated rings. The third-order valence-electron chi connectivity index (χ3n) is 2.70. The Morgan fingerprint density at radius 2 is 2.10 bits per heavy atom. The third kappa shape index (κ3) is 5.25. The molecule has 1 unspecified atom stereocenters. The van der Waals surface area contributed by atoms with E-state index in [1.54, 1.807) is 14.0 Å². The molecular formula is C13H17Cl2FN2O2. The van der Waals surface area contributed by atoms with Crippen LogP contribution in [0.5, 0.6) is 0 Å². The summed E-state index contributed by atoms with van der Waals surface area (Å²) in [7, 11) is 1.56. The van der Waals surface area contributed by atoms with E-state index in [9.17, 15) is 9.18 Å². The molecule has 0 spiro atoms. The maximum absolute atomic E-state index is 13.4. The van der Waals surface area contributed by atoms with Gasteiger partial charge in [0.1, 0.15) is 5.82 Å². The minimum atomic E-state index is -0.538. The summed E-state index contributed by atoms with van der Waals surface area (Å²) in [5.74, 6) is -0.705. The number of hydrogen-bond acceptors (Lipinski definition) is 3. The standard InChI is InChI=1S/C13H17Cl2FN2O2/c1-8(18-7-13(19)17-3-4-20-2)9-5-12(16)11(15)6-10(9)14/h5-6,8,18H,3-4,7H2,1-2H3,(H,17,19). The average molecular weight is 323 g/mol. The van der Waals surface area contributed by atoms with E-state index in [0.717, 1.165) is 0 Å². The Hall–Kier alpha value is -0.880. The lowest BCUT2D eigenvalue weighted by Crippen LogP contribution is -2.36. The first kappa shape index (κ1) is 17.2. The van der Waals surface area contributed by atoms with Crippen molar-refractivity contribution in [2.24, 2.45) is 0 Å². The largest absolute Gasteiger partial charge is 0.383 e. The molecule has 7 heteroatoms. The van der Waals surface area contributed by atoms with Crippen molar-refractivity contribution in [3.63, 3.8) is 0 Å². The lowest BCUT2D eigenvalue weighted by Gasteiger charge is -2.16. The van der Waals surface area contributed by atoms with Gasteiger partial charge in [0.05, 0.1) is 18.2 Å². The highest BCUT2D eigenvalue weighted by Gasteiger charge is 2.14. The van der Waals surface area contributed by atoms with Crippen LogP contribution in [0.15, 0.2) is 12.1 Å². The van der Waals surface area contributed by atoms with Gasteiger partial charge in [0, 0.05) is 24.7 Å². The van der Waals surface area contributed by atoms with Crippen LogP contribution in [0, 0.1) is 5.82 Å². The number of nitrogens with one attached hydrogen (secondary N) is 2. The molecule has 0 heterocycles. The SMILES string of the molecule is COCCNC(=O)CNC(C)c1cc(F)c(Cl)cc1Cl. The van der Waals surface area contributed by atoms with E-state index < -0.39 is 5.82 Å². The topological polar surface area (TPSA) is 50.4 Å². The van der Waals surface area contributed by atoms with Gasteiger partial charge in [-0.05, 0) is 24.6 Å². The molecule has 0 aliphatic heterocycles. The Bertz CT molecular complexity index is 472. The van der Waals surface area contributed by atoms with Crippen molar-refractivity contribution in [1.29, 1.82) is 0 Å². The smallest absolute Gasteiger partial charge is 0.234 e. The highest BCUT2D eigenvalue weighted by atomic mass is 35.5. The van der Waals surface area contributed by atoms with Crippen LogP contribution in [0.25, 0.3) is 0 Å². The second-order valence-electron chi connectivity index (χ2n) is 4.23. The van der Waals surface area contributed by atoms with Crippen molar-refractivity contribution < 1.29 is 13.9 Å². The first-order chi connectivity index (χ1) is 9.45. The van der Waals surface area contributed by atoms with Crippen LogP contribution < -0.4 is 10.6 Å². The summed E-state index contributed by atoms with van der Waals surface area (Å²) in [6.07, 6.45) is 0. The van der Waals surface area contributed by atoms with Crippen LogP contribution in [0.2, 0.25) is 10.0 Å². The molecule has 1 rings (SSSR count). The number of ether oxygens (including phenoxy) is 1. The minimum Gasteiger partial charge on any atom is -0.383 e. The van der Waals surface area contributed by atoms with E-state index in [4.69, 9.17) is 27.9 Å². The second kappa shape index (κ2) is 8.42. The maximum atomic E-state index is 13.4. The Balaban J connectivity index is 2.52. The number of amides is 1. The summed E-state index contributed by atoms with van der Waals surface area (Å²) in [5, 5.41) is 5.97. The molecule has 0 saturated heterocycles. The Morgan fingerprint density at radius 3 is 2.75 bits per heavy atom. The summed E-state index contributed by atoms with van der Waals surface area (Å²) >= 11 is 11.6. The van der Waals surface area contributed by atoms with Crippen LogP contribution in [0.1, 0.15) is 18.5 Å². The zero-order valence-electron chi connectivity index (χ0n) is 11.3. The molecule has 1 atom stereocenters. The summed E-state index contributed by atoms with van der Waals surface area (Å²) in [5.41, 5.74) is 0.554. The van der Waals surface area contributed by atoms with Crippen LogP contribution in [0.3, 0.4) is 0 Å². The summed E-state index contributed by atoms with van der Waals surface area (Å²) < 4.78 is 18.2. The Morgan fingerprint density at radius 1 is 1.40 bits per heavy atom. The van der Waals surface area contributed by atoms with Gasteiger partial charge in [-0.1, -0.05) is 23.2 Å². The summed E-state index contributed by atoms with van der Waals surface area (Å²) in [4.78, 5) is 11.5. The predicted octanol–water partition coefficient (Wildman–Crippen LogP) is 2.55. The fourth-order valence-corrected chi connectivity index (χ4v) is 2.13. The molecule has 0 aliphatic rings. The lowest BCUT2D eigenvalue weighted by atomic mass is 10.1. The molecule has 0 bridgehead atoms. The third-order valence-corrected chi connectivity index (χ3v) is 3.32. The van der Waals surface area contributed by atoms with E-state index in [-0.39, 0.29) is 23.5 Å². The zero-order valence-corrected chi connectivity index (χ0v) is 12.8. The maximum Gasteiger partial charge on any atom is 0.234 e. The van der Waals surface area contributed by atoms with Gasteiger partial charge in [0.25, 0.3) is 0 Å². The van der Waals surface area contributed by atoms with Crippen molar-refractivity contribution >= 4 is 29.1 Å². The summed E-state index contributed by atoms with van der Waals surface area (Å²) in [6, 6.07) is 2.35. The highest BCUT2D eigenvalue weighted by molar-refractivity contribution is 6.35. The first-order valence-electron chi connectivity index (χ1n) is 6.09. The molecule has 4 nitrogen and oxygen atoms in total. The van der Waals surface area contributed by atoms with E-state index in [2.05, 4.69) is 10.6 Å². The molecule has 2 N–H and O–H groups in total. The monoisotopic (exact) mass is 322 g/mol. The molecule has 1 amide bonds. The summed E-state index contributed by atoms with van der Waals surface area (Å²) in [6.45, 7) is 2.79. The van der Waals surface area contributed by atoms with E-state index in [1.165, 1.54) is 12.1 Å². The highest BCUT2D eigenvalue weighted by Crippen LogP contribution is 2.28. The lowest BCUT2D eigenvalue weighted by molar-refractivity contribution is -0.120. The van der Waals surface area contributed by atoms with Crippen molar-refractivity contribution in [3.8, 4) is 0 Å². The number of hydrogen-bond donors (Lipinski definition) is 2. The first-order valence-corrected chi connectivity index (χ1v) is 6.84. The van der Waals surface area contributed by atoms with Gasteiger partial charge in [-0.25, -0.2) is 4.39 Å². The fraction of sp³-hybridized carbons (Fsp3) is 0.462. The normalized spacial score (nSPS) is 12.2. The Labute approximate surface area is 127 Å². The molecule has 112 valence electrons. The van der Waals surface area contributed by atoms with Gasteiger partial charge in [0.15, 0.2) is 0 Å². The quantitative estimate of drug-likeness (QED) is 0.599. The van der Waals surface area contributed by atoms with Crippen molar-refractivity contribution in [3.05, 3.63) is 33.6 Å². The van der Waals surface area contributed by atoms with E-state index in [1.807, 2.05) is 0 Å². The Kier molecular flexibility index (Phi) is 7.23. The van der Waals surface area contributed by atoms with Crippen LogP contribution >= 0.6 is 23.2 Å². The molecule has 0 saturated carbocycles. The number of halogens is 3. The van der Waals surface area contributed by atoms with Gasteiger partial charge >= 0.3 is 0 Å². The average Bonchev–Trinajstić information content (AvgIpc) is 2.40. The van der Waals surface area contributed by atoms with Gasteiger partial charge in [-0.3, -0.25) is 4.79 Å². The van der Waals surface area contributed by atoms with Gasteiger partial charge < -0.3 is 15.4 Å².